The number of fused-ring (bicyclic) bond motifs is 1. The van der Waals surface area contributed by atoms with Crippen LogP contribution in [0.2, 0.25) is 0 Å². The van der Waals surface area contributed by atoms with Crippen LogP contribution in [0.3, 0.4) is 0 Å². The molecule has 0 bridgehead atoms. The summed E-state index contributed by atoms with van der Waals surface area (Å²) in [5.41, 5.74) is 1.36. The summed E-state index contributed by atoms with van der Waals surface area (Å²) in [5.74, 6) is 0.801. The highest BCUT2D eigenvalue weighted by atomic mass is 32.2. The molecule has 2 aromatic heterocycles. The highest BCUT2D eigenvalue weighted by Crippen LogP contribution is 2.35. The molecular formula is C15H15N5OS. The predicted octanol–water partition coefficient (Wildman–Crippen LogP) is 2.63. The topological polar surface area (TPSA) is 84.5 Å². The van der Waals surface area contributed by atoms with E-state index in [4.69, 9.17) is 4.78 Å². The van der Waals surface area contributed by atoms with Gasteiger partial charge in [-0.25, -0.2) is 23.6 Å². The van der Waals surface area contributed by atoms with Gasteiger partial charge in [0, 0.05) is 11.1 Å². The molecule has 6 nitrogen and oxygen atoms in total. The van der Waals surface area contributed by atoms with E-state index in [1.807, 2.05) is 24.3 Å². The largest absolute Gasteiger partial charge is 0.248 e. The molecule has 0 saturated heterocycles. The van der Waals surface area contributed by atoms with Gasteiger partial charge in [0.2, 0.25) is 0 Å². The van der Waals surface area contributed by atoms with Crippen molar-refractivity contribution < 1.29 is 4.21 Å². The predicted molar refractivity (Wildman–Crippen MR) is 83.4 cm³/mol. The summed E-state index contributed by atoms with van der Waals surface area (Å²) in [5, 5.41) is 5.75. The first-order valence-corrected chi connectivity index (χ1v) is 8.87. The average molecular weight is 313 g/mol. The Morgan fingerprint density at radius 2 is 1.95 bits per heavy atom. The van der Waals surface area contributed by atoms with E-state index in [1.54, 1.807) is 17.1 Å². The normalized spacial score (nSPS) is 17.5. The second-order valence-corrected chi connectivity index (χ2v) is 7.69. The van der Waals surface area contributed by atoms with Crippen molar-refractivity contribution in [3.8, 4) is 5.69 Å². The van der Waals surface area contributed by atoms with Gasteiger partial charge in [0.25, 0.3) is 0 Å². The minimum absolute atomic E-state index is 0.399. The maximum atomic E-state index is 13.1. The molecule has 1 saturated carbocycles. The molecule has 7 heteroatoms. The Morgan fingerprint density at radius 1 is 1.23 bits per heavy atom. The van der Waals surface area contributed by atoms with Gasteiger partial charge in [-0.3, -0.25) is 0 Å². The van der Waals surface area contributed by atoms with Gasteiger partial charge in [-0.05, 0) is 30.9 Å². The number of nitrogens with one attached hydrogen (secondary N) is 1. The zero-order chi connectivity index (χ0) is 15.2. The van der Waals surface area contributed by atoms with E-state index in [1.165, 1.54) is 6.33 Å². The molecule has 0 spiro atoms. The number of nitrogens with zero attached hydrogens (tertiary/aromatic N) is 4. The smallest absolute Gasteiger partial charge is 0.147 e. The van der Waals surface area contributed by atoms with Gasteiger partial charge in [-0.1, -0.05) is 12.1 Å². The number of hydrogen-bond acceptors (Lipinski definition) is 5. The van der Waals surface area contributed by atoms with Crippen molar-refractivity contribution in [3.63, 3.8) is 0 Å². The number of aromatic nitrogens is 4. The summed E-state index contributed by atoms with van der Waals surface area (Å²) >= 11 is 0. The third-order valence-corrected chi connectivity index (χ3v) is 5.76. The Labute approximate surface area is 128 Å². The zero-order valence-electron chi connectivity index (χ0n) is 11.8. The Hall–Kier alpha value is -2.28. The van der Waals surface area contributed by atoms with Gasteiger partial charge in [0.05, 0.1) is 27.6 Å². The van der Waals surface area contributed by atoms with E-state index < -0.39 is 9.73 Å². The van der Waals surface area contributed by atoms with E-state index in [0.717, 1.165) is 23.7 Å². The summed E-state index contributed by atoms with van der Waals surface area (Å²) in [6, 6.07) is 7.51. The lowest BCUT2D eigenvalue weighted by atomic mass is 10.3. The van der Waals surface area contributed by atoms with Crippen LogP contribution >= 0.6 is 0 Å². The lowest BCUT2D eigenvalue weighted by Gasteiger charge is -2.10. The van der Waals surface area contributed by atoms with Gasteiger partial charge in [0.1, 0.15) is 17.0 Å². The van der Waals surface area contributed by atoms with Crippen molar-refractivity contribution in [1.29, 1.82) is 4.78 Å². The molecule has 1 aromatic carbocycles. The fraction of sp³-hybridized carbons (Fsp3) is 0.267. The van der Waals surface area contributed by atoms with Crippen LogP contribution in [-0.4, -0.2) is 29.7 Å². The molecule has 1 unspecified atom stereocenters. The van der Waals surface area contributed by atoms with Crippen molar-refractivity contribution >= 4 is 20.6 Å². The van der Waals surface area contributed by atoms with Crippen LogP contribution < -0.4 is 0 Å². The molecule has 0 amide bonds. The fourth-order valence-electron chi connectivity index (χ4n) is 2.60. The van der Waals surface area contributed by atoms with Crippen molar-refractivity contribution in [3.05, 3.63) is 43.0 Å². The van der Waals surface area contributed by atoms with Crippen LogP contribution in [-0.2, 0) is 9.73 Å². The zero-order valence-corrected chi connectivity index (χ0v) is 12.7. The van der Waals surface area contributed by atoms with Gasteiger partial charge in [-0.15, -0.1) is 0 Å². The highest BCUT2D eigenvalue weighted by Gasteiger charge is 2.30. The van der Waals surface area contributed by atoms with Crippen molar-refractivity contribution in [2.24, 2.45) is 5.92 Å². The first-order valence-electron chi connectivity index (χ1n) is 7.15. The van der Waals surface area contributed by atoms with E-state index in [9.17, 15) is 4.21 Å². The molecule has 1 aliphatic rings. The Balaban J connectivity index is 1.98. The van der Waals surface area contributed by atoms with Crippen molar-refractivity contribution in [1.82, 2.24) is 19.7 Å². The average Bonchev–Trinajstić information content (AvgIpc) is 3.23. The molecular weight excluding hydrogens is 298 g/mol. The minimum atomic E-state index is -2.91. The molecule has 2 heterocycles. The molecule has 0 aliphatic heterocycles. The Bertz CT molecular complexity index is 929. The summed E-state index contributed by atoms with van der Waals surface area (Å²) in [4.78, 5) is 8.00. The lowest BCUT2D eigenvalue weighted by molar-refractivity contribution is 0.660. The van der Waals surface area contributed by atoms with E-state index in [2.05, 4.69) is 15.1 Å². The van der Waals surface area contributed by atoms with Crippen molar-refractivity contribution in [2.45, 2.75) is 17.9 Å². The molecule has 1 aliphatic carbocycles. The third-order valence-electron chi connectivity index (χ3n) is 3.81. The molecule has 1 fully saturated rings. The molecule has 22 heavy (non-hydrogen) atoms. The second-order valence-electron chi connectivity index (χ2n) is 5.62. The fourth-order valence-corrected chi connectivity index (χ4v) is 4.71. The van der Waals surface area contributed by atoms with Gasteiger partial charge in [-0.2, -0.15) is 5.10 Å². The lowest BCUT2D eigenvalue weighted by Crippen LogP contribution is -2.13. The first kappa shape index (κ1) is 13.4. The van der Waals surface area contributed by atoms with E-state index in [0.29, 0.717) is 22.4 Å². The number of rotatable bonds is 4. The molecule has 4 rings (SSSR count). The molecule has 0 radical (unpaired) electrons. The molecule has 112 valence electrons. The summed E-state index contributed by atoms with van der Waals surface area (Å²) in [6.45, 7) is 0. The van der Waals surface area contributed by atoms with Crippen LogP contribution in [0, 0.1) is 10.7 Å². The molecule has 1 N–H and O–H groups in total. The number of hydrogen-bond donors (Lipinski definition) is 1. The SMILES string of the molecule is N=S(=O)(CC1CC1)c1c2ccccc2nn1-c1cncnc1. The molecule has 3 aromatic rings. The minimum Gasteiger partial charge on any atom is -0.248 e. The van der Waals surface area contributed by atoms with Crippen molar-refractivity contribution in [2.75, 3.05) is 5.75 Å². The van der Waals surface area contributed by atoms with Gasteiger partial charge < -0.3 is 0 Å². The highest BCUT2D eigenvalue weighted by molar-refractivity contribution is 7.92. The molecule has 1 atom stereocenters. The maximum absolute atomic E-state index is 13.1. The summed E-state index contributed by atoms with van der Waals surface area (Å²) in [7, 11) is -2.91. The number of benzene rings is 1. The maximum Gasteiger partial charge on any atom is 0.147 e. The van der Waals surface area contributed by atoms with Gasteiger partial charge in [0.15, 0.2) is 0 Å². The summed E-state index contributed by atoms with van der Waals surface area (Å²) in [6.07, 6.45) is 6.81. The van der Waals surface area contributed by atoms with Crippen LogP contribution in [0.4, 0.5) is 0 Å². The first-order chi connectivity index (χ1) is 10.6. The van der Waals surface area contributed by atoms with Crippen LogP contribution in [0.5, 0.6) is 0 Å². The monoisotopic (exact) mass is 313 g/mol. The Kier molecular flexibility index (Phi) is 2.97. The van der Waals surface area contributed by atoms with E-state index >= 15 is 0 Å². The van der Waals surface area contributed by atoms with E-state index in [-0.39, 0.29) is 0 Å². The van der Waals surface area contributed by atoms with Crippen LogP contribution in [0.15, 0.2) is 48.0 Å². The Morgan fingerprint density at radius 3 is 2.68 bits per heavy atom. The van der Waals surface area contributed by atoms with Crippen LogP contribution in [0.25, 0.3) is 16.6 Å². The van der Waals surface area contributed by atoms with Crippen LogP contribution in [0.1, 0.15) is 12.8 Å². The second kappa shape index (κ2) is 4.88. The summed E-state index contributed by atoms with van der Waals surface area (Å²) < 4.78 is 23.1. The van der Waals surface area contributed by atoms with Gasteiger partial charge >= 0.3 is 0 Å². The third kappa shape index (κ3) is 2.27. The standard InChI is InChI=1S/C15H15N5OS/c16-22(21,9-11-5-6-11)15-13-3-1-2-4-14(13)19-20(15)12-7-17-10-18-8-12/h1-4,7-8,10-11,16H,5-6,9H2. The quantitative estimate of drug-likeness (QED) is 0.802.